The molecule has 3 heteroatoms. The zero-order chi connectivity index (χ0) is 11.8. The first-order chi connectivity index (χ1) is 8.24. The van der Waals surface area contributed by atoms with Crippen LogP contribution in [-0.2, 0) is 13.0 Å². The number of hydrogen-bond donors (Lipinski definition) is 0. The number of nitrogens with zero attached hydrogens (tertiary/aromatic N) is 3. The zero-order valence-corrected chi connectivity index (χ0v) is 10.3. The Morgan fingerprint density at radius 1 is 1.12 bits per heavy atom. The van der Waals surface area contributed by atoms with Crippen molar-refractivity contribution >= 4 is 0 Å². The molecule has 2 aromatic rings. The van der Waals surface area contributed by atoms with E-state index in [-0.39, 0.29) is 0 Å². The van der Waals surface area contributed by atoms with Gasteiger partial charge in [0, 0.05) is 18.9 Å². The molecule has 0 saturated heterocycles. The van der Waals surface area contributed by atoms with Gasteiger partial charge in [0.25, 0.3) is 0 Å². The van der Waals surface area contributed by atoms with Crippen LogP contribution >= 0.6 is 0 Å². The Balaban J connectivity index is 1.88. The second-order valence-corrected chi connectivity index (χ2v) is 4.92. The van der Waals surface area contributed by atoms with Crippen molar-refractivity contribution in [3.63, 3.8) is 0 Å². The summed E-state index contributed by atoms with van der Waals surface area (Å²) in [7, 11) is 0. The van der Waals surface area contributed by atoms with Crippen LogP contribution in [0.4, 0.5) is 0 Å². The van der Waals surface area contributed by atoms with Gasteiger partial charge in [0.2, 0.25) is 0 Å². The molecule has 0 spiro atoms. The minimum Gasteiger partial charge on any atom is -0.315 e. The van der Waals surface area contributed by atoms with Gasteiger partial charge in [-0.3, -0.25) is 0 Å². The van der Waals surface area contributed by atoms with E-state index < -0.39 is 0 Å². The zero-order valence-electron chi connectivity index (χ0n) is 10.3. The lowest BCUT2D eigenvalue weighted by atomic mass is 9.91. The highest BCUT2D eigenvalue weighted by molar-refractivity contribution is 5.25. The fourth-order valence-corrected chi connectivity index (χ4v) is 2.57. The minimum absolute atomic E-state index is 0.609. The highest BCUT2D eigenvalue weighted by atomic mass is 15.3. The lowest BCUT2D eigenvalue weighted by Gasteiger charge is -2.24. The Morgan fingerprint density at radius 2 is 1.88 bits per heavy atom. The summed E-state index contributed by atoms with van der Waals surface area (Å²) in [6.45, 7) is 5.19. The molecule has 0 aliphatic carbocycles. The standard InChI is InChI=1S/C14H17N3/c1-10-3-5-12(6-4-10)13-7-8-14-16-15-11(2)17(14)9-13/h3-6,13H,7-9H2,1-2H3. The summed E-state index contributed by atoms with van der Waals surface area (Å²) in [6.07, 6.45) is 2.22. The van der Waals surface area contributed by atoms with Crippen molar-refractivity contribution < 1.29 is 0 Å². The number of aryl methyl sites for hydroxylation is 3. The number of hydrogen-bond acceptors (Lipinski definition) is 2. The van der Waals surface area contributed by atoms with Gasteiger partial charge in [-0.2, -0.15) is 0 Å². The summed E-state index contributed by atoms with van der Waals surface area (Å²) in [5.41, 5.74) is 2.76. The van der Waals surface area contributed by atoms with Crippen molar-refractivity contribution in [1.29, 1.82) is 0 Å². The molecule has 88 valence electrons. The SMILES string of the molecule is Cc1ccc(C2CCc3nnc(C)n3C2)cc1. The van der Waals surface area contributed by atoms with Gasteiger partial charge in [0.15, 0.2) is 0 Å². The molecule has 1 unspecified atom stereocenters. The van der Waals surface area contributed by atoms with Crippen LogP contribution in [0, 0.1) is 13.8 Å². The summed E-state index contributed by atoms with van der Waals surface area (Å²) in [4.78, 5) is 0. The molecular formula is C14H17N3. The van der Waals surface area contributed by atoms with E-state index in [4.69, 9.17) is 0 Å². The van der Waals surface area contributed by atoms with Crippen LogP contribution in [0.25, 0.3) is 0 Å². The highest BCUT2D eigenvalue weighted by Crippen LogP contribution is 2.28. The third-order valence-electron chi connectivity index (χ3n) is 3.68. The van der Waals surface area contributed by atoms with Crippen molar-refractivity contribution in [2.24, 2.45) is 0 Å². The first-order valence-corrected chi connectivity index (χ1v) is 6.19. The maximum atomic E-state index is 4.21. The van der Waals surface area contributed by atoms with E-state index >= 15 is 0 Å². The van der Waals surface area contributed by atoms with Gasteiger partial charge in [0.1, 0.15) is 11.6 Å². The van der Waals surface area contributed by atoms with Crippen LogP contribution in [0.1, 0.15) is 35.1 Å². The van der Waals surface area contributed by atoms with Crippen molar-refractivity contribution in [2.75, 3.05) is 0 Å². The Hall–Kier alpha value is -1.64. The Bertz CT molecular complexity index is 525. The second kappa shape index (κ2) is 3.99. The van der Waals surface area contributed by atoms with E-state index in [1.165, 1.54) is 17.5 Å². The van der Waals surface area contributed by atoms with Gasteiger partial charge >= 0.3 is 0 Å². The largest absolute Gasteiger partial charge is 0.315 e. The molecule has 1 atom stereocenters. The Kier molecular flexibility index (Phi) is 2.46. The Labute approximate surface area is 101 Å². The van der Waals surface area contributed by atoms with Gasteiger partial charge in [-0.15, -0.1) is 10.2 Å². The molecule has 1 aromatic carbocycles. The third kappa shape index (κ3) is 1.86. The van der Waals surface area contributed by atoms with E-state index in [0.29, 0.717) is 5.92 Å². The Morgan fingerprint density at radius 3 is 2.65 bits per heavy atom. The van der Waals surface area contributed by atoms with Crippen LogP contribution in [0.5, 0.6) is 0 Å². The van der Waals surface area contributed by atoms with Crippen LogP contribution in [-0.4, -0.2) is 14.8 Å². The van der Waals surface area contributed by atoms with Crippen molar-refractivity contribution in [1.82, 2.24) is 14.8 Å². The summed E-state index contributed by atoms with van der Waals surface area (Å²) < 4.78 is 2.26. The molecule has 0 saturated carbocycles. The van der Waals surface area contributed by atoms with Gasteiger partial charge in [-0.25, -0.2) is 0 Å². The number of benzene rings is 1. The maximum absolute atomic E-state index is 4.21. The summed E-state index contributed by atoms with van der Waals surface area (Å²) in [5, 5.41) is 8.36. The van der Waals surface area contributed by atoms with Crippen LogP contribution in [0.2, 0.25) is 0 Å². The average Bonchev–Trinajstić information content (AvgIpc) is 2.72. The highest BCUT2D eigenvalue weighted by Gasteiger charge is 2.22. The van der Waals surface area contributed by atoms with Crippen molar-refractivity contribution in [2.45, 2.75) is 39.2 Å². The monoisotopic (exact) mass is 227 g/mol. The smallest absolute Gasteiger partial charge is 0.133 e. The molecule has 1 aromatic heterocycles. The van der Waals surface area contributed by atoms with Crippen molar-refractivity contribution in [3.8, 4) is 0 Å². The fraction of sp³-hybridized carbons (Fsp3) is 0.429. The predicted octanol–water partition coefficient (Wildman–Crippen LogP) is 2.62. The molecule has 0 bridgehead atoms. The van der Waals surface area contributed by atoms with E-state index in [0.717, 1.165) is 24.6 Å². The molecular weight excluding hydrogens is 210 g/mol. The molecule has 17 heavy (non-hydrogen) atoms. The van der Waals surface area contributed by atoms with E-state index in [1.54, 1.807) is 0 Å². The lowest BCUT2D eigenvalue weighted by Crippen LogP contribution is -2.19. The number of fused-ring (bicyclic) bond motifs is 1. The lowest BCUT2D eigenvalue weighted by molar-refractivity contribution is 0.450. The van der Waals surface area contributed by atoms with Gasteiger partial charge in [-0.05, 0) is 25.8 Å². The quantitative estimate of drug-likeness (QED) is 0.749. The minimum atomic E-state index is 0.609. The molecule has 0 N–H and O–H groups in total. The van der Waals surface area contributed by atoms with Crippen LogP contribution < -0.4 is 0 Å². The average molecular weight is 227 g/mol. The molecule has 3 rings (SSSR count). The van der Waals surface area contributed by atoms with Crippen molar-refractivity contribution in [3.05, 3.63) is 47.0 Å². The first-order valence-electron chi connectivity index (χ1n) is 6.19. The normalized spacial score (nSPS) is 19.1. The van der Waals surface area contributed by atoms with Gasteiger partial charge in [-0.1, -0.05) is 29.8 Å². The van der Waals surface area contributed by atoms with Crippen LogP contribution in [0.15, 0.2) is 24.3 Å². The second-order valence-electron chi connectivity index (χ2n) is 4.92. The summed E-state index contributed by atoms with van der Waals surface area (Å²) in [6, 6.07) is 8.91. The molecule has 3 nitrogen and oxygen atoms in total. The molecule has 0 amide bonds. The predicted molar refractivity (Wildman–Crippen MR) is 67.0 cm³/mol. The topological polar surface area (TPSA) is 30.7 Å². The molecule has 2 heterocycles. The molecule has 0 fully saturated rings. The third-order valence-corrected chi connectivity index (χ3v) is 3.68. The fourth-order valence-electron chi connectivity index (χ4n) is 2.57. The van der Waals surface area contributed by atoms with E-state index in [1.807, 2.05) is 6.92 Å². The number of rotatable bonds is 1. The number of aromatic nitrogens is 3. The molecule has 1 aliphatic heterocycles. The van der Waals surface area contributed by atoms with Gasteiger partial charge in [0.05, 0.1) is 0 Å². The first kappa shape index (κ1) is 10.5. The molecule has 0 radical (unpaired) electrons. The maximum Gasteiger partial charge on any atom is 0.133 e. The van der Waals surface area contributed by atoms with E-state index in [2.05, 4.69) is 46.0 Å². The van der Waals surface area contributed by atoms with Gasteiger partial charge < -0.3 is 4.57 Å². The summed E-state index contributed by atoms with van der Waals surface area (Å²) in [5.74, 6) is 2.79. The van der Waals surface area contributed by atoms with Crippen LogP contribution in [0.3, 0.4) is 0 Å². The van der Waals surface area contributed by atoms with E-state index in [9.17, 15) is 0 Å². The molecule has 1 aliphatic rings. The summed E-state index contributed by atoms with van der Waals surface area (Å²) >= 11 is 0.